The van der Waals surface area contributed by atoms with Crippen LogP contribution in [0, 0.1) is 0 Å². The first kappa shape index (κ1) is 13.9. The summed E-state index contributed by atoms with van der Waals surface area (Å²) in [6.07, 6.45) is 1.03. The van der Waals surface area contributed by atoms with Gasteiger partial charge in [0, 0.05) is 0 Å². The van der Waals surface area contributed by atoms with E-state index in [1.54, 1.807) is 0 Å². The fourth-order valence-electron chi connectivity index (χ4n) is 2.13. The number of benzene rings is 2. The van der Waals surface area contributed by atoms with Crippen LogP contribution in [0.25, 0.3) is 10.8 Å². The molecule has 0 amide bonds. The lowest BCUT2D eigenvalue weighted by atomic mass is 9.99. The molecule has 0 aliphatic rings. The number of hydrogen-bond acceptors (Lipinski definition) is 2. The van der Waals surface area contributed by atoms with E-state index < -0.39 is 0 Å². The molecule has 0 unspecified atom stereocenters. The van der Waals surface area contributed by atoms with E-state index >= 15 is 0 Å². The molecular weight excluding hydrogens is 234 g/mol. The Hall–Kier alpha value is -1.54. The van der Waals surface area contributed by atoms with Gasteiger partial charge in [0.25, 0.3) is 0 Å². The summed E-state index contributed by atoms with van der Waals surface area (Å²) in [5.74, 6) is 1.52. The minimum absolute atomic E-state index is 0.560. The molecular formula is C17H23NO. The van der Waals surface area contributed by atoms with Gasteiger partial charge in [0.05, 0.1) is 6.61 Å². The average Bonchev–Trinajstić information content (AvgIpc) is 2.42. The molecule has 0 aliphatic heterocycles. The Morgan fingerprint density at radius 1 is 1.05 bits per heavy atom. The molecule has 2 aromatic rings. The van der Waals surface area contributed by atoms with E-state index in [2.05, 4.69) is 55.6 Å². The summed E-state index contributed by atoms with van der Waals surface area (Å²) in [5, 5.41) is 5.66. The first-order valence-electron chi connectivity index (χ1n) is 7.02. The summed E-state index contributed by atoms with van der Waals surface area (Å²) in [7, 11) is 1.96. The van der Waals surface area contributed by atoms with Gasteiger partial charge in [-0.1, -0.05) is 38.1 Å². The molecule has 2 rings (SSSR count). The van der Waals surface area contributed by atoms with Crippen LogP contribution in [0.5, 0.6) is 5.75 Å². The number of fused-ring (bicyclic) bond motifs is 1. The lowest BCUT2D eigenvalue weighted by molar-refractivity contribution is 0.310. The van der Waals surface area contributed by atoms with Crippen LogP contribution in [-0.2, 0) is 0 Å². The Bertz CT molecular complexity index is 534. The molecule has 0 saturated heterocycles. The van der Waals surface area contributed by atoms with Gasteiger partial charge < -0.3 is 10.1 Å². The van der Waals surface area contributed by atoms with E-state index in [4.69, 9.17) is 4.74 Å². The van der Waals surface area contributed by atoms with E-state index in [-0.39, 0.29) is 0 Å². The predicted octanol–water partition coefficient (Wildman–Crippen LogP) is 3.95. The monoisotopic (exact) mass is 257 g/mol. The zero-order valence-electron chi connectivity index (χ0n) is 12.1. The summed E-state index contributed by atoms with van der Waals surface area (Å²) in [5.41, 5.74) is 1.37. The highest BCUT2D eigenvalue weighted by molar-refractivity contribution is 5.84. The molecule has 0 spiro atoms. The quantitative estimate of drug-likeness (QED) is 0.791. The van der Waals surface area contributed by atoms with Crippen molar-refractivity contribution in [2.75, 3.05) is 20.2 Å². The highest BCUT2D eigenvalue weighted by Gasteiger charge is 2.02. The molecule has 0 fully saturated rings. The number of hydrogen-bond donors (Lipinski definition) is 1. The zero-order valence-corrected chi connectivity index (χ0v) is 12.1. The average molecular weight is 257 g/mol. The third kappa shape index (κ3) is 3.71. The molecule has 0 heterocycles. The molecule has 0 bridgehead atoms. The third-order valence-electron chi connectivity index (χ3n) is 3.34. The molecule has 19 heavy (non-hydrogen) atoms. The highest BCUT2D eigenvalue weighted by atomic mass is 16.5. The Kier molecular flexibility index (Phi) is 4.80. The normalized spacial score (nSPS) is 11.2. The summed E-state index contributed by atoms with van der Waals surface area (Å²) in [4.78, 5) is 0. The SMILES string of the molecule is CNCCCOc1ccc2ccc(C(C)C)cc2c1. The molecule has 0 atom stereocenters. The Morgan fingerprint density at radius 2 is 1.84 bits per heavy atom. The first-order valence-corrected chi connectivity index (χ1v) is 7.02. The van der Waals surface area contributed by atoms with Gasteiger partial charge >= 0.3 is 0 Å². The van der Waals surface area contributed by atoms with Crippen molar-refractivity contribution in [2.45, 2.75) is 26.2 Å². The highest BCUT2D eigenvalue weighted by Crippen LogP contribution is 2.25. The van der Waals surface area contributed by atoms with Crippen molar-refractivity contribution in [3.05, 3.63) is 42.0 Å². The van der Waals surface area contributed by atoms with E-state index in [0.717, 1.165) is 25.3 Å². The molecule has 0 aliphatic carbocycles. The van der Waals surface area contributed by atoms with E-state index in [1.165, 1.54) is 16.3 Å². The maximum atomic E-state index is 5.78. The second-order valence-corrected chi connectivity index (χ2v) is 5.23. The van der Waals surface area contributed by atoms with Crippen LogP contribution in [0.15, 0.2) is 36.4 Å². The maximum absolute atomic E-state index is 5.78. The van der Waals surface area contributed by atoms with Crippen LogP contribution >= 0.6 is 0 Å². The summed E-state index contributed by atoms with van der Waals surface area (Å²) in [6.45, 7) is 6.19. The Morgan fingerprint density at radius 3 is 2.58 bits per heavy atom. The summed E-state index contributed by atoms with van der Waals surface area (Å²) in [6, 6.07) is 13.0. The van der Waals surface area contributed by atoms with Crippen LogP contribution in [0.1, 0.15) is 31.7 Å². The van der Waals surface area contributed by atoms with Crippen molar-refractivity contribution < 1.29 is 4.74 Å². The second kappa shape index (κ2) is 6.58. The van der Waals surface area contributed by atoms with Crippen molar-refractivity contribution in [1.82, 2.24) is 5.32 Å². The van der Waals surface area contributed by atoms with E-state index in [1.807, 2.05) is 7.05 Å². The van der Waals surface area contributed by atoms with E-state index in [0.29, 0.717) is 5.92 Å². The number of rotatable bonds is 6. The molecule has 1 N–H and O–H groups in total. The smallest absolute Gasteiger partial charge is 0.119 e. The first-order chi connectivity index (χ1) is 9.20. The van der Waals surface area contributed by atoms with Gasteiger partial charge in [-0.2, -0.15) is 0 Å². The minimum atomic E-state index is 0.560. The topological polar surface area (TPSA) is 21.3 Å². The number of nitrogens with one attached hydrogen (secondary N) is 1. The van der Waals surface area contributed by atoms with Gasteiger partial charge in [0.15, 0.2) is 0 Å². The van der Waals surface area contributed by atoms with Crippen LogP contribution < -0.4 is 10.1 Å². The maximum Gasteiger partial charge on any atom is 0.119 e. The lowest BCUT2D eigenvalue weighted by Gasteiger charge is -2.10. The third-order valence-corrected chi connectivity index (χ3v) is 3.34. The number of ether oxygens (including phenoxy) is 1. The fourth-order valence-corrected chi connectivity index (χ4v) is 2.13. The lowest BCUT2D eigenvalue weighted by Crippen LogP contribution is -2.11. The second-order valence-electron chi connectivity index (χ2n) is 5.23. The minimum Gasteiger partial charge on any atom is -0.494 e. The molecule has 2 heteroatoms. The van der Waals surface area contributed by atoms with Gasteiger partial charge in [0.1, 0.15) is 5.75 Å². The Labute approximate surface area is 115 Å². The Balaban J connectivity index is 2.14. The summed E-state index contributed by atoms with van der Waals surface area (Å²) >= 11 is 0. The van der Waals surface area contributed by atoms with Gasteiger partial charge in [-0.3, -0.25) is 0 Å². The van der Waals surface area contributed by atoms with E-state index in [9.17, 15) is 0 Å². The van der Waals surface area contributed by atoms with Gasteiger partial charge in [-0.15, -0.1) is 0 Å². The van der Waals surface area contributed by atoms with Crippen LogP contribution in [-0.4, -0.2) is 20.2 Å². The molecule has 2 aromatic carbocycles. The van der Waals surface area contributed by atoms with Crippen LogP contribution in [0.3, 0.4) is 0 Å². The molecule has 0 aromatic heterocycles. The van der Waals surface area contributed by atoms with Crippen molar-refractivity contribution in [2.24, 2.45) is 0 Å². The van der Waals surface area contributed by atoms with Crippen LogP contribution in [0.4, 0.5) is 0 Å². The van der Waals surface area contributed by atoms with Crippen LogP contribution in [0.2, 0.25) is 0 Å². The standard InChI is InChI=1S/C17H23NO/c1-13(2)15-6-5-14-7-8-17(12-16(14)11-15)19-10-4-9-18-3/h5-8,11-13,18H,4,9-10H2,1-3H3. The van der Waals surface area contributed by atoms with Gasteiger partial charge in [0.2, 0.25) is 0 Å². The predicted molar refractivity (Wildman–Crippen MR) is 82.1 cm³/mol. The zero-order chi connectivity index (χ0) is 13.7. The molecule has 0 saturated carbocycles. The van der Waals surface area contributed by atoms with Crippen molar-refractivity contribution in [1.29, 1.82) is 0 Å². The molecule has 0 radical (unpaired) electrons. The fraction of sp³-hybridized carbons (Fsp3) is 0.412. The van der Waals surface area contributed by atoms with Gasteiger partial charge in [-0.05, 0) is 54.4 Å². The van der Waals surface area contributed by atoms with Gasteiger partial charge in [-0.25, -0.2) is 0 Å². The van der Waals surface area contributed by atoms with Crippen molar-refractivity contribution >= 4 is 10.8 Å². The largest absolute Gasteiger partial charge is 0.494 e. The summed E-state index contributed by atoms with van der Waals surface area (Å²) < 4.78 is 5.78. The molecule has 2 nitrogen and oxygen atoms in total. The van der Waals surface area contributed by atoms with Crippen molar-refractivity contribution in [3.63, 3.8) is 0 Å². The van der Waals surface area contributed by atoms with Crippen molar-refractivity contribution in [3.8, 4) is 5.75 Å². The molecule has 102 valence electrons.